The first-order chi connectivity index (χ1) is 9.51. The molecule has 5 heteroatoms. The van der Waals surface area contributed by atoms with Gasteiger partial charge in [-0.25, -0.2) is 4.98 Å². The Morgan fingerprint density at radius 2 is 1.95 bits per heavy atom. The zero-order chi connectivity index (χ0) is 14.7. The maximum absolute atomic E-state index is 8.86. The summed E-state index contributed by atoms with van der Waals surface area (Å²) in [7, 11) is 0. The quantitative estimate of drug-likeness (QED) is 0.393. The third kappa shape index (κ3) is 3.11. The Labute approximate surface area is 122 Å². The largest absolute Gasteiger partial charge is 0.409 e. The summed E-state index contributed by atoms with van der Waals surface area (Å²) in [6.45, 7) is 6.05. The second-order valence-electron chi connectivity index (χ2n) is 4.66. The van der Waals surface area contributed by atoms with Crippen molar-refractivity contribution < 1.29 is 5.21 Å². The highest BCUT2D eigenvalue weighted by atomic mass is 32.2. The van der Waals surface area contributed by atoms with Crippen LogP contribution in [0.4, 0.5) is 0 Å². The van der Waals surface area contributed by atoms with Crippen LogP contribution in [0, 0.1) is 20.8 Å². The minimum absolute atomic E-state index is 0.0739. The number of hydrogen-bond acceptors (Lipinski definition) is 4. The lowest BCUT2D eigenvalue weighted by molar-refractivity contribution is 0.318. The SMILES string of the molecule is Cc1ccc(Sc2nc(C)ccc2C(N)=NO)c(C)c1. The van der Waals surface area contributed by atoms with E-state index >= 15 is 0 Å². The Morgan fingerprint density at radius 3 is 2.60 bits per heavy atom. The Bertz CT molecular complexity index is 668. The molecular formula is C15H17N3OS. The molecule has 0 bridgehead atoms. The molecular weight excluding hydrogens is 270 g/mol. The summed E-state index contributed by atoms with van der Waals surface area (Å²) in [4.78, 5) is 5.60. The van der Waals surface area contributed by atoms with Gasteiger partial charge in [-0.15, -0.1) is 0 Å². The predicted octanol–water partition coefficient (Wildman–Crippen LogP) is 3.25. The molecule has 0 aliphatic heterocycles. The lowest BCUT2D eigenvalue weighted by Crippen LogP contribution is -2.15. The molecule has 1 aromatic heterocycles. The number of hydrogen-bond donors (Lipinski definition) is 2. The summed E-state index contributed by atoms with van der Waals surface area (Å²) in [6, 6.07) is 9.92. The highest BCUT2D eigenvalue weighted by Crippen LogP contribution is 2.31. The van der Waals surface area contributed by atoms with Crippen LogP contribution in [-0.2, 0) is 0 Å². The van der Waals surface area contributed by atoms with Gasteiger partial charge in [-0.1, -0.05) is 34.6 Å². The van der Waals surface area contributed by atoms with E-state index in [0.29, 0.717) is 5.56 Å². The lowest BCUT2D eigenvalue weighted by atomic mass is 10.2. The summed E-state index contributed by atoms with van der Waals surface area (Å²) in [5, 5.41) is 12.7. The number of aromatic nitrogens is 1. The highest BCUT2D eigenvalue weighted by Gasteiger charge is 2.12. The van der Waals surface area contributed by atoms with Gasteiger partial charge >= 0.3 is 0 Å². The minimum atomic E-state index is 0.0739. The van der Waals surface area contributed by atoms with Crippen LogP contribution in [0.2, 0.25) is 0 Å². The molecule has 0 aliphatic rings. The number of oxime groups is 1. The van der Waals surface area contributed by atoms with Crippen LogP contribution in [0.15, 0.2) is 45.4 Å². The van der Waals surface area contributed by atoms with Gasteiger partial charge in [0, 0.05) is 10.6 Å². The first kappa shape index (κ1) is 14.4. The van der Waals surface area contributed by atoms with Gasteiger partial charge in [-0.05, 0) is 44.5 Å². The molecule has 0 saturated carbocycles. The maximum atomic E-state index is 8.86. The average Bonchev–Trinajstić information content (AvgIpc) is 2.41. The van der Waals surface area contributed by atoms with E-state index in [1.165, 1.54) is 22.9 Å². The van der Waals surface area contributed by atoms with Crippen molar-refractivity contribution in [3.63, 3.8) is 0 Å². The second-order valence-corrected chi connectivity index (χ2v) is 5.69. The van der Waals surface area contributed by atoms with Gasteiger partial charge in [0.2, 0.25) is 0 Å². The smallest absolute Gasteiger partial charge is 0.172 e. The Balaban J connectivity index is 2.44. The molecule has 0 amide bonds. The van der Waals surface area contributed by atoms with Crippen LogP contribution in [0.1, 0.15) is 22.4 Å². The number of benzene rings is 1. The molecule has 20 heavy (non-hydrogen) atoms. The molecule has 3 N–H and O–H groups in total. The number of nitrogens with two attached hydrogens (primary N) is 1. The van der Waals surface area contributed by atoms with Gasteiger partial charge in [0.05, 0.1) is 5.56 Å². The predicted molar refractivity (Wildman–Crippen MR) is 81.5 cm³/mol. The topological polar surface area (TPSA) is 71.5 Å². The zero-order valence-corrected chi connectivity index (χ0v) is 12.5. The van der Waals surface area contributed by atoms with E-state index in [9.17, 15) is 0 Å². The average molecular weight is 287 g/mol. The lowest BCUT2D eigenvalue weighted by Gasteiger charge is -2.10. The first-order valence-electron chi connectivity index (χ1n) is 6.22. The fraction of sp³-hybridized carbons (Fsp3) is 0.200. The number of rotatable bonds is 3. The van der Waals surface area contributed by atoms with E-state index in [4.69, 9.17) is 10.9 Å². The second kappa shape index (κ2) is 5.96. The number of aryl methyl sites for hydroxylation is 3. The Hall–Kier alpha value is -2.01. The van der Waals surface area contributed by atoms with Gasteiger partial charge < -0.3 is 10.9 Å². The van der Waals surface area contributed by atoms with Crippen molar-refractivity contribution in [1.82, 2.24) is 4.98 Å². The number of pyridine rings is 1. The molecule has 0 spiro atoms. The van der Waals surface area contributed by atoms with Crippen LogP contribution in [-0.4, -0.2) is 16.0 Å². The van der Waals surface area contributed by atoms with Crippen molar-refractivity contribution in [2.45, 2.75) is 30.7 Å². The van der Waals surface area contributed by atoms with Gasteiger partial charge in [0.1, 0.15) is 5.03 Å². The monoisotopic (exact) mass is 287 g/mol. The molecule has 1 heterocycles. The van der Waals surface area contributed by atoms with E-state index in [2.05, 4.69) is 42.2 Å². The van der Waals surface area contributed by atoms with Crippen molar-refractivity contribution >= 4 is 17.6 Å². The number of amidine groups is 1. The van der Waals surface area contributed by atoms with E-state index < -0.39 is 0 Å². The van der Waals surface area contributed by atoms with Crippen molar-refractivity contribution in [1.29, 1.82) is 0 Å². The standard InChI is InChI=1S/C15H17N3OS/c1-9-4-7-13(10(2)8-9)20-15-12(14(16)18-19)6-5-11(3)17-15/h4-8,19H,1-3H3,(H2,16,18). The van der Waals surface area contributed by atoms with E-state index in [1.54, 1.807) is 0 Å². The molecule has 4 nitrogen and oxygen atoms in total. The van der Waals surface area contributed by atoms with E-state index in [0.717, 1.165) is 15.6 Å². The van der Waals surface area contributed by atoms with E-state index in [1.807, 2.05) is 19.1 Å². The van der Waals surface area contributed by atoms with Crippen LogP contribution in [0.25, 0.3) is 0 Å². The highest BCUT2D eigenvalue weighted by molar-refractivity contribution is 7.99. The molecule has 104 valence electrons. The third-order valence-corrected chi connectivity index (χ3v) is 4.10. The van der Waals surface area contributed by atoms with Crippen molar-refractivity contribution in [2.24, 2.45) is 10.9 Å². The molecule has 0 aliphatic carbocycles. The van der Waals surface area contributed by atoms with Crippen LogP contribution in [0.5, 0.6) is 0 Å². The van der Waals surface area contributed by atoms with Gasteiger partial charge in [0.25, 0.3) is 0 Å². The fourth-order valence-electron chi connectivity index (χ4n) is 1.88. The molecule has 1 aromatic carbocycles. The van der Waals surface area contributed by atoms with Gasteiger partial charge in [-0.3, -0.25) is 0 Å². The summed E-state index contributed by atoms with van der Waals surface area (Å²) in [6.07, 6.45) is 0. The van der Waals surface area contributed by atoms with Gasteiger partial charge in [0.15, 0.2) is 5.84 Å². The zero-order valence-electron chi connectivity index (χ0n) is 11.7. The number of nitrogens with zero attached hydrogens (tertiary/aromatic N) is 2. The molecule has 0 unspecified atom stereocenters. The molecule has 0 atom stereocenters. The molecule has 0 fully saturated rings. The maximum Gasteiger partial charge on any atom is 0.172 e. The minimum Gasteiger partial charge on any atom is -0.409 e. The molecule has 2 rings (SSSR count). The van der Waals surface area contributed by atoms with Crippen LogP contribution < -0.4 is 5.73 Å². The Morgan fingerprint density at radius 1 is 1.20 bits per heavy atom. The molecule has 0 saturated heterocycles. The van der Waals surface area contributed by atoms with Crippen molar-refractivity contribution in [3.05, 3.63) is 52.7 Å². The normalized spacial score (nSPS) is 11.7. The van der Waals surface area contributed by atoms with E-state index in [-0.39, 0.29) is 5.84 Å². The molecule has 2 aromatic rings. The van der Waals surface area contributed by atoms with Gasteiger partial charge in [-0.2, -0.15) is 0 Å². The fourth-order valence-corrected chi connectivity index (χ4v) is 2.91. The summed E-state index contributed by atoms with van der Waals surface area (Å²) in [5.41, 5.74) is 9.65. The van der Waals surface area contributed by atoms with Crippen LogP contribution >= 0.6 is 11.8 Å². The first-order valence-corrected chi connectivity index (χ1v) is 7.03. The Kier molecular flexibility index (Phi) is 4.29. The third-order valence-electron chi connectivity index (χ3n) is 2.92. The summed E-state index contributed by atoms with van der Waals surface area (Å²) in [5.74, 6) is 0.0739. The molecule has 0 radical (unpaired) electrons. The van der Waals surface area contributed by atoms with Crippen molar-refractivity contribution in [2.75, 3.05) is 0 Å². The van der Waals surface area contributed by atoms with Crippen LogP contribution in [0.3, 0.4) is 0 Å². The van der Waals surface area contributed by atoms with Crippen molar-refractivity contribution in [3.8, 4) is 0 Å². The summed E-state index contributed by atoms with van der Waals surface area (Å²) < 4.78 is 0. The summed E-state index contributed by atoms with van der Waals surface area (Å²) >= 11 is 1.52.